The maximum atomic E-state index is 12.3. The number of carbonyl (C=O) groups is 2. The molecule has 1 aromatic carbocycles. The Labute approximate surface area is 134 Å². The summed E-state index contributed by atoms with van der Waals surface area (Å²) in [7, 11) is 0. The van der Waals surface area contributed by atoms with Crippen LogP contribution in [0, 0.1) is 6.92 Å². The molecule has 2 aromatic rings. The lowest BCUT2D eigenvalue weighted by molar-refractivity contribution is -0.683. The fraction of sp³-hybridized carbons (Fsp3) is 0.188. The van der Waals surface area contributed by atoms with Crippen LogP contribution in [0.1, 0.15) is 15.9 Å². The molecule has 1 aliphatic rings. The molecule has 0 bridgehead atoms. The molecule has 0 unspecified atom stereocenters. The predicted octanol–water partition coefficient (Wildman–Crippen LogP) is -1.50. The Balaban J connectivity index is 0.00000176. The van der Waals surface area contributed by atoms with E-state index >= 15 is 0 Å². The number of carbonyl (C=O) groups excluding carboxylic acids is 2. The molecule has 1 aromatic heterocycles. The smallest absolute Gasteiger partial charge is 0.262 e. The van der Waals surface area contributed by atoms with Crippen LogP contribution in [0.15, 0.2) is 42.7 Å². The monoisotopic (exact) mass is 318 g/mol. The molecular formula is C16H15ClN2O3. The normalized spacial score (nSPS) is 12.5. The molecular weight excluding hydrogens is 304 g/mol. The van der Waals surface area contributed by atoms with Crippen LogP contribution in [0.2, 0.25) is 0 Å². The average molecular weight is 319 g/mol. The van der Waals surface area contributed by atoms with Gasteiger partial charge in [0, 0.05) is 17.7 Å². The Hall–Kier alpha value is -2.40. The van der Waals surface area contributed by atoms with Crippen LogP contribution in [0.4, 0.5) is 5.69 Å². The van der Waals surface area contributed by atoms with Crippen LogP contribution < -0.4 is 27.0 Å². The van der Waals surface area contributed by atoms with Crippen molar-refractivity contribution in [3.05, 3.63) is 53.9 Å². The number of nitrogens with zero attached hydrogens (tertiary/aromatic N) is 1. The number of fused-ring (bicyclic) bond motifs is 1. The largest absolute Gasteiger partial charge is 1.00 e. The van der Waals surface area contributed by atoms with Gasteiger partial charge < -0.3 is 22.5 Å². The number of Topliss-reactive ketones (excluding diaryl/α,β-unsaturated/α-hetero) is 1. The minimum Gasteiger partial charge on any atom is -1.00 e. The van der Waals surface area contributed by atoms with Crippen molar-refractivity contribution in [2.75, 3.05) is 11.9 Å². The van der Waals surface area contributed by atoms with Crippen molar-refractivity contribution < 1.29 is 31.3 Å². The molecule has 0 aliphatic carbocycles. The highest BCUT2D eigenvalue weighted by Crippen LogP contribution is 2.28. The highest BCUT2D eigenvalue weighted by Gasteiger charge is 2.19. The van der Waals surface area contributed by atoms with Crippen LogP contribution in [0.25, 0.3) is 0 Å². The van der Waals surface area contributed by atoms with E-state index in [1.165, 1.54) is 0 Å². The molecule has 5 nitrogen and oxygen atoms in total. The van der Waals surface area contributed by atoms with Crippen molar-refractivity contribution in [3.63, 3.8) is 0 Å². The van der Waals surface area contributed by atoms with Crippen molar-refractivity contribution >= 4 is 17.4 Å². The topological polar surface area (TPSA) is 59.3 Å². The zero-order valence-electron chi connectivity index (χ0n) is 12.0. The number of rotatable bonds is 3. The van der Waals surface area contributed by atoms with Crippen molar-refractivity contribution in [3.8, 4) is 5.75 Å². The van der Waals surface area contributed by atoms with E-state index in [9.17, 15) is 9.59 Å². The zero-order chi connectivity index (χ0) is 14.8. The second-order valence-corrected chi connectivity index (χ2v) is 5.02. The van der Waals surface area contributed by atoms with Crippen molar-refractivity contribution in [1.82, 2.24) is 0 Å². The van der Waals surface area contributed by atoms with E-state index in [1.807, 2.05) is 36.0 Å². The molecule has 6 heteroatoms. The summed E-state index contributed by atoms with van der Waals surface area (Å²) in [6.45, 7) is 2.27. The summed E-state index contributed by atoms with van der Waals surface area (Å²) < 4.78 is 7.10. The molecule has 22 heavy (non-hydrogen) atoms. The van der Waals surface area contributed by atoms with E-state index in [4.69, 9.17) is 4.74 Å². The van der Waals surface area contributed by atoms with Crippen LogP contribution in [0.5, 0.6) is 5.75 Å². The number of nitrogens with one attached hydrogen (secondary N) is 1. The Morgan fingerprint density at radius 3 is 2.73 bits per heavy atom. The Bertz CT molecular complexity index is 714. The zero-order valence-corrected chi connectivity index (χ0v) is 12.8. The minimum atomic E-state index is -0.208. The van der Waals surface area contributed by atoms with Crippen LogP contribution >= 0.6 is 0 Å². The first kappa shape index (κ1) is 16.0. The maximum absolute atomic E-state index is 12.3. The molecule has 1 N–H and O–H groups in total. The van der Waals surface area contributed by atoms with Gasteiger partial charge in [-0.2, -0.15) is 4.57 Å². The molecule has 3 rings (SSSR count). The molecule has 0 spiro atoms. The second-order valence-electron chi connectivity index (χ2n) is 5.02. The summed E-state index contributed by atoms with van der Waals surface area (Å²) in [6, 6.07) is 8.99. The third kappa shape index (κ3) is 3.43. The van der Waals surface area contributed by atoms with E-state index in [1.54, 1.807) is 18.2 Å². The van der Waals surface area contributed by atoms with Crippen molar-refractivity contribution in [2.24, 2.45) is 0 Å². The lowest BCUT2D eigenvalue weighted by atomic mass is 10.1. The van der Waals surface area contributed by atoms with Gasteiger partial charge in [0.25, 0.3) is 5.91 Å². The van der Waals surface area contributed by atoms with Gasteiger partial charge in [0.2, 0.25) is 12.3 Å². The van der Waals surface area contributed by atoms with Gasteiger partial charge in [-0.05, 0) is 30.7 Å². The number of ether oxygens (including phenoxy) is 1. The van der Waals surface area contributed by atoms with Gasteiger partial charge in [0.15, 0.2) is 19.0 Å². The summed E-state index contributed by atoms with van der Waals surface area (Å²) in [4.78, 5) is 23.6. The first-order valence-corrected chi connectivity index (χ1v) is 6.67. The number of benzene rings is 1. The van der Waals surface area contributed by atoms with Gasteiger partial charge >= 0.3 is 0 Å². The van der Waals surface area contributed by atoms with E-state index < -0.39 is 0 Å². The summed E-state index contributed by atoms with van der Waals surface area (Å²) >= 11 is 0. The van der Waals surface area contributed by atoms with E-state index in [0.29, 0.717) is 17.0 Å². The van der Waals surface area contributed by atoms with E-state index in [-0.39, 0.29) is 37.2 Å². The van der Waals surface area contributed by atoms with Gasteiger partial charge in [-0.1, -0.05) is 0 Å². The molecule has 0 saturated carbocycles. The second kappa shape index (κ2) is 6.58. The summed E-state index contributed by atoms with van der Waals surface area (Å²) in [5.74, 6) is 0.362. The standard InChI is InChI=1S/C16H14N2O3.ClH/c1-11-4-6-18(7-5-11)9-14(19)12-2-3-15-13(8-12)17-16(20)10-21-15;/h2-8H,9-10H2,1H3;1H. The Morgan fingerprint density at radius 2 is 2.00 bits per heavy atom. The van der Waals surface area contributed by atoms with Gasteiger partial charge in [0.05, 0.1) is 5.69 Å². The number of hydrogen-bond acceptors (Lipinski definition) is 3. The van der Waals surface area contributed by atoms with Crippen LogP contribution in [-0.4, -0.2) is 18.3 Å². The molecule has 0 saturated heterocycles. The Morgan fingerprint density at radius 1 is 1.27 bits per heavy atom. The maximum Gasteiger partial charge on any atom is 0.262 e. The number of halogens is 1. The third-order valence-corrected chi connectivity index (χ3v) is 3.32. The molecule has 1 amide bonds. The number of ketones is 1. The average Bonchev–Trinajstić information content (AvgIpc) is 2.48. The molecule has 2 heterocycles. The van der Waals surface area contributed by atoms with Crippen molar-refractivity contribution in [1.29, 1.82) is 0 Å². The lowest BCUT2D eigenvalue weighted by Crippen LogP contribution is -3.00. The van der Waals surface area contributed by atoms with Gasteiger partial charge in [-0.15, -0.1) is 0 Å². The van der Waals surface area contributed by atoms with E-state index in [2.05, 4.69) is 5.32 Å². The number of amides is 1. The van der Waals surface area contributed by atoms with Gasteiger partial charge in [0.1, 0.15) is 5.75 Å². The highest BCUT2D eigenvalue weighted by molar-refractivity contribution is 6.00. The Kier molecular flexibility index (Phi) is 4.78. The number of anilines is 1. The quantitative estimate of drug-likeness (QED) is 0.553. The van der Waals surface area contributed by atoms with Crippen LogP contribution in [0.3, 0.4) is 0 Å². The number of hydrogen-bond donors (Lipinski definition) is 1. The van der Waals surface area contributed by atoms with Crippen LogP contribution in [-0.2, 0) is 11.3 Å². The third-order valence-electron chi connectivity index (χ3n) is 3.32. The number of aryl methyl sites for hydroxylation is 1. The number of aromatic nitrogens is 1. The summed E-state index contributed by atoms with van der Waals surface area (Å²) in [5.41, 5.74) is 2.24. The SMILES string of the molecule is Cc1cc[n+](CC(=O)c2ccc3c(c2)NC(=O)CO3)cc1.[Cl-]. The minimum absolute atomic E-state index is 0. The molecule has 1 aliphatic heterocycles. The molecule has 0 radical (unpaired) electrons. The van der Waals surface area contributed by atoms with E-state index in [0.717, 1.165) is 5.56 Å². The molecule has 0 fully saturated rings. The molecule has 0 atom stereocenters. The van der Waals surface area contributed by atoms with Gasteiger partial charge in [-0.3, -0.25) is 9.59 Å². The fourth-order valence-electron chi connectivity index (χ4n) is 2.15. The first-order chi connectivity index (χ1) is 10.1. The fourth-order valence-corrected chi connectivity index (χ4v) is 2.15. The highest BCUT2D eigenvalue weighted by atomic mass is 35.5. The first-order valence-electron chi connectivity index (χ1n) is 6.67. The number of pyridine rings is 1. The lowest BCUT2D eigenvalue weighted by Gasteiger charge is -2.18. The molecule has 114 valence electrons. The predicted molar refractivity (Wildman–Crippen MR) is 76.3 cm³/mol. The summed E-state index contributed by atoms with van der Waals surface area (Å²) in [5, 5.41) is 2.70. The summed E-state index contributed by atoms with van der Waals surface area (Å²) in [6.07, 6.45) is 3.74. The van der Waals surface area contributed by atoms with Crippen molar-refractivity contribution in [2.45, 2.75) is 13.5 Å². The van der Waals surface area contributed by atoms with Gasteiger partial charge in [-0.25, -0.2) is 0 Å².